The summed E-state index contributed by atoms with van der Waals surface area (Å²) >= 11 is 0. The van der Waals surface area contributed by atoms with Crippen LogP contribution in [0.3, 0.4) is 0 Å². The van der Waals surface area contributed by atoms with E-state index in [0.717, 1.165) is 52.8 Å². The molecule has 0 saturated carbocycles. The summed E-state index contributed by atoms with van der Waals surface area (Å²) in [5.41, 5.74) is 1.60. The molecule has 0 amide bonds. The SMILES string of the molecule is CCCCc1c(C(=O)O)ccc2ccccc12.COc1c(C(=O)O)ccc2ccccc12.[CH2-]CCC.[Li+]. The van der Waals surface area contributed by atoms with E-state index in [0.29, 0.717) is 11.3 Å². The molecule has 0 aliphatic rings. The van der Waals surface area contributed by atoms with E-state index < -0.39 is 11.9 Å². The van der Waals surface area contributed by atoms with E-state index >= 15 is 0 Å². The molecule has 190 valence electrons. The molecule has 0 aromatic heterocycles. The molecule has 0 saturated heterocycles. The predicted molar refractivity (Wildman–Crippen MR) is 147 cm³/mol. The van der Waals surface area contributed by atoms with Gasteiger partial charge in [0.1, 0.15) is 11.3 Å². The summed E-state index contributed by atoms with van der Waals surface area (Å²) in [5.74, 6) is -1.39. The molecule has 0 fully saturated rings. The first kappa shape index (κ1) is 31.8. The number of fused-ring (bicyclic) bond motifs is 2. The largest absolute Gasteiger partial charge is 1.00 e. The summed E-state index contributed by atoms with van der Waals surface area (Å²) in [4.78, 5) is 22.2. The molecule has 0 aliphatic heterocycles. The normalized spacial score (nSPS) is 9.84. The van der Waals surface area contributed by atoms with Crippen LogP contribution in [0, 0.1) is 6.92 Å². The van der Waals surface area contributed by atoms with Crippen molar-refractivity contribution in [1.29, 1.82) is 0 Å². The minimum Gasteiger partial charge on any atom is -0.495 e. The molecule has 4 aromatic rings. The van der Waals surface area contributed by atoms with Gasteiger partial charge in [-0.15, -0.1) is 0 Å². The molecule has 0 bridgehead atoms. The number of methoxy groups -OCH3 is 1. The fraction of sp³-hybridized carbons (Fsp3) is 0.258. The van der Waals surface area contributed by atoms with Crippen LogP contribution in [0.5, 0.6) is 5.75 Å². The molecule has 5 nitrogen and oxygen atoms in total. The standard InChI is InChI=1S/C15H16O2.C12H10O3.C4H9.Li/c1-2-3-7-13-12-8-5-4-6-11(12)9-10-14(13)15(16)17;1-15-11-9-5-3-2-4-8(9)6-7-10(11)12(13)14;1-3-4-2;/h4-6,8-10H,2-3,7H2,1H3,(H,16,17);2-7H,1H3,(H,13,14);1,3-4H2,2H3;/q;;-1;+1. The summed E-state index contributed by atoms with van der Waals surface area (Å²) in [5, 5.41) is 22.2. The molecule has 37 heavy (non-hydrogen) atoms. The molecule has 2 N–H and O–H groups in total. The van der Waals surface area contributed by atoms with Gasteiger partial charge in [0.15, 0.2) is 0 Å². The summed E-state index contributed by atoms with van der Waals surface area (Å²) < 4.78 is 5.14. The summed E-state index contributed by atoms with van der Waals surface area (Å²) in [6.45, 7) is 7.84. The molecular weight excluding hydrogens is 459 g/mol. The fourth-order valence-corrected chi connectivity index (χ4v) is 3.79. The Morgan fingerprint density at radius 3 is 1.73 bits per heavy atom. The van der Waals surface area contributed by atoms with E-state index in [9.17, 15) is 14.7 Å². The van der Waals surface area contributed by atoms with Crippen molar-refractivity contribution >= 4 is 33.5 Å². The third-order valence-electron chi connectivity index (χ3n) is 5.72. The van der Waals surface area contributed by atoms with Crippen molar-refractivity contribution in [3.05, 3.63) is 96.4 Å². The topological polar surface area (TPSA) is 83.8 Å². The van der Waals surface area contributed by atoms with Gasteiger partial charge < -0.3 is 21.9 Å². The van der Waals surface area contributed by atoms with Crippen LogP contribution in [0.15, 0.2) is 72.8 Å². The second-order valence-corrected chi connectivity index (χ2v) is 8.25. The zero-order valence-electron chi connectivity index (χ0n) is 22.3. The first-order valence-electron chi connectivity index (χ1n) is 12.2. The van der Waals surface area contributed by atoms with Crippen molar-refractivity contribution in [2.75, 3.05) is 7.11 Å². The fourth-order valence-electron chi connectivity index (χ4n) is 3.79. The van der Waals surface area contributed by atoms with Crippen LogP contribution in [-0.2, 0) is 6.42 Å². The number of aromatic carboxylic acids is 2. The Bertz CT molecular complexity index is 1300. The van der Waals surface area contributed by atoms with Crippen molar-refractivity contribution in [2.24, 2.45) is 0 Å². The van der Waals surface area contributed by atoms with Gasteiger partial charge in [0.05, 0.1) is 12.7 Å². The quantitative estimate of drug-likeness (QED) is 0.277. The summed E-state index contributed by atoms with van der Waals surface area (Å²) in [7, 11) is 1.48. The molecule has 0 spiro atoms. The summed E-state index contributed by atoms with van der Waals surface area (Å²) in [6.07, 6.45) is 5.20. The van der Waals surface area contributed by atoms with Gasteiger partial charge in [-0.05, 0) is 46.7 Å². The molecule has 0 atom stereocenters. The third-order valence-corrected chi connectivity index (χ3v) is 5.72. The average molecular weight is 495 g/mol. The van der Waals surface area contributed by atoms with Crippen molar-refractivity contribution in [1.82, 2.24) is 0 Å². The Labute approximate surface area is 231 Å². The van der Waals surface area contributed by atoms with Crippen molar-refractivity contribution in [3.8, 4) is 5.75 Å². The molecule has 0 heterocycles. The second kappa shape index (κ2) is 16.5. The zero-order chi connectivity index (χ0) is 26.5. The van der Waals surface area contributed by atoms with Gasteiger partial charge in [-0.2, -0.15) is 6.42 Å². The van der Waals surface area contributed by atoms with Crippen molar-refractivity contribution < 1.29 is 43.4 Å². The zero-order valence-corrected chi connectivity index (χ0v) is 22.3. The molecule has 0 unspecified atom stereocenters. The maximum absolute atomic E-state index is 11.2. The van der Waals surface area contributed by atoms with E-state index in [4.69, 9.17) is 9.84 Å². The predicted octanol–water partition coefficient (Wildman–Crippen LogP) is 5.05. The van der Waals surface area contributed by atoms with Gasteiger partial charge in [0, 0.05) is 5.39 Å². The van der Waals surface area contributed by atoms with Gasteiger partial charge in [-0.3, -0.25) is 0 Å². The monoisotopic (exact) mass is 494 g/mol. The number of carboxylic acids is 2. The number of hydrogen-bond acceptors (Lipinski definition) is 3. The number of hydrogen-bond donors (Lipinski definition) is 2. The minimum absolute atomic E-state index is 0. The number of unbranched alkanes of at least 4 members (excludes halogenated alkanes) is 2. The Kier molecular flexibility index (Phi) is 14.1. The maximum Gasteiger partial charge on any atom is 1.00 e. The number of benzene rings is 4. The minimum atomic E-state index is -0.974. The molecule has 6 heteroatoms. The maximum atomic E-state index is 11.2. The molecule has 4 rings (SSSR count). The molecule has 0 aliphatic carbocycles. The Morgan fingerprint density at radius 2 is 1.24 bits per heavy atom. The number of ether oxygens (including phenoxy) is 1. The van der Waals surface area contributed by atoms with Gasteiger partial charge in [0.25, 0.3) is 0 Å². The van der Waals surface area contributed by atoms with Crippen LogP contribution in [0.2, 0.25) is 0 Å². The van der Waals surface area contributed by atoms with Crippen LogP contribution < -0.4 is 23.6 Å². The molecule has 0 radical (unpaired) electrons. The Balaban J connectivity index is 0.000000318. The number of carbonyl (C=O) groups is 2. The van der Waals surface area contributed by atoms with Crippen LogP contribution in [0.25, 0.3) is 21.5 Å². The average Bonchev–Trinajstić information content (AvgIpc) is 2.91. The van der Waals surface area contributed by atoms with E-state index in [-0.39, 0.29) is 24.4 Å². The molecular formula is C31H35LiO5. The van der Waals surface area contributed by atoms with E-state index in [2.05, 4.69) is 20.8 Å². The van der Waals surface area contributed by atoms with Crippen LogP contribution >= 0.6 is 0 Å². The van der Waals surface area contributed by atoms with E-state index in [1.54, 1.807) is 18.2 Å². The number of rotatable bonds is 7. The number of aryl methyl sites for hydroxylation is 1. The Morgan fingerprint density at radius 1 is 0.757 bits per heavy atom. The third kappa shape index (κ3) is 8.67. The number of carboxylic acid groups (broad SMARTS) is 2. The Hall–Kier alpha value is -3.26. The van der Waals surface area contributed by atoms with E-state index in [1.807, 2.05) is 54.6 Å². The van der Waals surface area contributed by atoms with Crippen molar-refractivity contribution in [3.63, 3.8) is 0 Å². The van der Waals surface area contributed by atoms with Crippen LogP contribution in [0.1, 0.15) is 65.8 Å². The van der Waals surface area contributed by atoms with Gasteiger partial charge in [-0.25, -0.2) is 9.59 Å². The van der Waals surface area contributed by atoms with E-state index in [1.165, 1.54) is 13.5 Å². The molecule has 4 aromatic carbocycles. The smallest absolute Gasteiger partial charge is 0.495 e. The van der Waals surface area contributed by atoms with Crippen molar-refractivity contribution in [2.45, 2.75) is 46.0 Å². The van der Waals surface area contributed by atoms with Gasteiger partial charge >= 0.3 is 30.8 Å². The van der Waals surface area contributed by atoms with Crippen LogP contribution in [0.4, 0.5) is 0 Å². The first-order valence-corrected chi connectivity index (χ1v) is 12.2. The summed E-state index contributed by atoms with van der Waals surface area (Å²) in [6, 6.07) is 22.4. The van der Waals surface area contributed by atoms with Gasteiger partial charge in [0.2, 0.25) is 0 Å². The first-order chi connectivity index (χ1) is 17.4. The van der Waals surface area contributed by atoms with Crippen LogP contribution in [-0.4, -0.2) is 29.3 Å². The van der Waals surface area contributed by atoms with Gasteiger partial charge in [-0.1, -0.05) is 87.4 Å². The second-order valence-electron chi connectivity index (χ2n) is 8.25.